The molecule has 0 atom stereocenters. The molecule has 0 aromatic heterocycles. The normalized spacial score (nSPS) is 10.0. The van der Waals surface area contributed by atoms with Crippen molar-refractivity contribution in [3.63, 3.8) is 0 Å². The lowest BCUT2D eigenvalue weighted by Crippen LogP contribution is -2.01. The Hall–Kier alpha value is -0.690. The van der Waals surface area contributed by atoms with E-state index >= 15 is 0 Å². The quantitative estimate of drug-likeness (QED) is 0.564. The molecule has 0 saturated carbocycles. The monoisotopic (exact) mass is 197 g/mol. The van der Waals surface area contributed by atoms with Crippen molar-refractivity contribution in [2.75, 3.05) is 17.7 Å². The van der Waals surface area contributed by atoms with Gasteiger partial charge in [0.1, 0.15) is 0 Å². The van der Waals surface area contributed by atoms with Crippen molar-refractivity contribution >= 4 is 17.3 Å². The molecule has 0 saturated heterocycles. The number of anilines is 1. The van der Waals surface area contributed by atoms with E-state index in [9.17, 15) is 0 Å². The van der Waals surface area contributed by atoms with Gasteiger partial charge in [0.15, 0.2) is 0 Å². The Bertz CT molecular complexity index is 248. The molecule has 1 aromatic carbocycles. The van der Waals surface area contributed by atoms with Crippen molar-refractivity contribution in [3.8, 4) is 0 Å². The number of alkyl halides is 1. The summed E-state index contributed by atoms with van der Waals surface area (Å²) in [6.07, 6.45) is 2.22. The topological polar surface area (TPSA) is 12.0 Å². The first kappa shape index (κ1) is 10.4. The van der Waals surface area contributed by atoms with Crippen LogP contribution < -0.4 is 5.32 Å². The summed E-state index contributed by atoms with van der Waals surface area (Å²) in [5.41, 5.74) is 2.50. The van der Waals surface area contributed by atoms with Gasteiger partial charge < -0.3 is 5.32 Å². The van der Waals surface area contributed by atoms with Crippen LogP contribution in [0.1, 0.15) is 18.4 Å². The fraction of sp³-hybridized carbons (Fsp3) is 0.455. The molecular formula is C11H16ClN. The van der Waals surface area contributed by atoms with Crippen LogP contribution in [0.15, 0.2) is 24.3 Å². The fourth-order valence-corrected chi connectivity index (χ4v) is 1.40. The van der Waals surface area contributed by atoms with Gasteiger partial charge in [-0.15, -0.1) is 11.6 Å². The third-order valence-corrected chi connectivity index (χ3v) is 2.17. The third-order valence-electron chi connectivity index (χ3n) is 1.91. The molecule has 0 fully saturated rings. The van der Waals surface area contributed by atoms with Gasteiger partial charge in [-0.3, -0.25) is 0 Å². The number of benzene rings is 1. The first-order valence-electron chi connectivity index (χ1n) is 4.69. The smallest absolute Gasteiger partial charge is 0.0342 e. The highest BCUT2D eigenvalue weighted by atomic mass is 35.5. The summed E-state index contributed by atoms with van der Waals surface area (Å²) in [7, 11) is 0. The lowest BCUT2D eigenvalue weighted by molar-refractivity contribution is 0.839. The maximum atomic E-state index is 5.58. The van der Waals surface area contributed by atoms with Crippen molar-refractivity contribution in [1.29, 1.82) is 0 Å². The number of aryl methyl sites for hydroxylation is 1. The Balaban J connectivity index is 2.28. The molecule has 0 aliphatic rings. The van der Waals surface area contributed by atoms with Gasteiger partial charge in [0.2, 0.25) is 0 Å². The highest BCUT2D eigenvalue weighted by Gasteiger charge is 1.91. The summed E-state index contributed by atoms with van der Waals surface area (Å²) in [5, 5.41) is 3.36. The number of nitrogens with one attached hydrogen (secondary N) is 1. The minimum Gasteiger partial charge on any atom is -0.385 e. The van der Waals surface area contributed by atoms with Gasteiger partial charge in [0.25, 0.3) is 0 Å². The predicted molar refractivity (Wildman–Crippen MR) is 59.6 cm³/mol. The minimum absolute atomic E-state index is 0.759. The molecule has 0 radical (unpaired) electrons. The molecule has 2 heteroatoms. The standard InChI is InChI=1S/C11H16ClN/c1-10-5-4-6-11(9-10)13-8-3-2-7-12/h4-6,9,13H,2-3,7-8H2,1H3. The Morgan fingerprint density at radius 2 is 2.15 bits per heavy atom. The Labute approximate surface area is 85.1 Å². The molecule has 0 amide bonds. The maximum Gasteiger partial charge on any atom is 0.0342 e. The van der Waals surface area contributed by atoms with Crippen molar-refractivity contribution in [2.45, 2.75) is 19.8 Å². The van der Waals surface area contributed by atoms with E-state index in [1.807, 2.05) is 0 Å². The molecule has 0 spiro atoms. The van der Waals surface area contributed by atoms with E-state index in [2.05, 4.69) is 36.5 Å². The highest BCUT2D eigenvalue weighted by molar-refractivity contribution is 6.17. The van der Waals surface area contributed by atoms with Gasteiger partial charge in [-0.2, -0.15) is 0 Å². The zero-order valence-electron chi connectivity index (χ0n) is 8.02. The number of hydrogen-bond donors (Lipinski definition) is 1. The number of unbranched alkanes of at least 4 members (excludes halogenated alkanes) is 1. The first-order valence-corrected chi connectivity index (χ1v) is 5.23. The lowest BCUT2D eigenvalue weighted by Gasteiger charge is -2.05. The maximum absolute atomic E-state index is 5.58. The fourth-order valence-electron chi connectivity index (χ4n) is 1.21. The SMILES string of the molecule is Cc1cccc(NCCCCCl)c1. The molecule has 1 nitrogen and oxygen atoms in total. The van der Waals surface area contributed by atoms with E-state index in [4.69, 9.17) is 11.6 Å². The second kappa shape index (κ2) is 5.87. The largest absolute Gasteiger partial charge is 0.385 e. The number of rotatable bonds is 5. The van der Waals surface area contributed by atoms with Crippen LogP contribution in [0.25, 0.3) is 0 Å². The zero-order chi connectivity index (χ0) is 9.52. The van der Waals surface area contributed by atoms with Gasteiger partial charge in [0.05, 0.1) is 0 Å². The van der Waals surface area contributed by atoms with Crippen LogP contribution in [-0.2, 0) is 0 Å². The molecule has 0 bridgehead atoms. The molecule has 72 valence electrons. The first-order chi connectivity index (χ1) is 6.33. The molecule has 0 aliphatic carbocycles. The van der Waals surface area contributed by atoms with Crippen LogP contribution in [0, 0.1) is 6.92 Å². The van der Waals surface area contributed by atoms with Gasteiger partial charge in [0, 0.05) is 18.1 Å². The lowest BCUT2D eigenvalue weighted by atomic mass is 10.2. The summed E-state index contributed by atoms with van der Waals surface area (Å²) in [6, 6.07) is 8.41. The second-order valence-electron chi connectivity index (χ2n) is 3.19. The highest BCUT2D eigenvalue weighted by Crippen LogP contribution is 2.09. The van der Waals surface area contributed by atoms with Crippen LogP contribution in [0.2, 0.25) is 0 Å². The molecule has 0 heterocycles. The van der Waals surface area contributed by atoms with Gasteiger partial charge in [-0.1, -0.05) is 12.1 Å². The van der Waals surface area contributed by atoms with E-state index in [0.29, 0.717) is 0 Å². The summed E-state index contributed by atoms with van der Waals surface area (Å²) >= 11 is 5.58. The van der Waals surface area contributed by atoms with Crippen LogP contribution in [0.5, 0.6) is 0 Å². The van der Waals surface area contributed by atoms with Crippen LogP contribution in [0.4, 0.5) is 5.69 Å². The van der Waals surface area contributed by atoms with Crippen LogP contribution in [-0.4, -0.2) is 12.4 Å². The molecule has 0 aliphatic heterocycles. The molecule has 1 rings (SSSR count). The van der Waals surface area contributed by atoms with Crippen molar-refractivity contribution < 1.29 is 0 Å². The third kappa shape index (κ3) is 4.18. The van der Waals surface area contributed by atoms with Crippen molar-refractivity contribution in [1.82, 2.24) is 0 Å². The molecule has 13 heavy (non-hydrogen) atoms. The van der Waals surface area contributed by atoms with E-state index < -0.39 is 0 Å². The second-order valence-corrected chi connectivity index (χ2v) is 3.57. The Kier molecular flexibility index (Phi) is 4.69. The van der Waals surface area contributed by atoms with Crippen LogP contribution in [0.3, 0.4) is 0 Å². The number of halogens is 1. The Morgan fingerprint density at radius 3 is 2.85 bits per heavy atom. The minimum atomic E-state index is 0.759. The van der Waals surface area contributed by atoms with E-state index in [0.717, 1.165) is 25.3 Å². The molecule has 1 N–H and O–H groups in total. The van der Waals surface area contributed by atoms with Gasteiger partial charge in [-0.25, -0.2) is 0 Å². The molecular weight excluding hydrogens is 182 g/mol. The summed E-state index contributed by atoms with van der Waals surface area (Å²) in [5.74, 6) is 0.759. The molecule has 0 unspecified atom stereocenters. The average molecular weight is 198 g/mol. The number of hydrogen-bond acceptors (Lipinski definition) is 1. The van der Waals surface area contributed by atoms with Gasteiger partial charge in [-0.05, 0) is 37.5 Å². The summed E-state index contributed by atoms with van der Waals surface area (Å²) in [6.45, 7) is 3.11. The van der Waals surface area contributed by atoms with Crippen molar-refractivity contribution in [3.05, 3.63) is 29.8 Å². The van der Waals surface area contributed by atoms with Crippen molar-refractivity contribution in [2.24, 2.45) is 0 Å². The van der Waals surface area contributed by atoms with E-state index in [-0.39, 0.29) is 0 Å². The van der Waals surface area contributed by atoms with Crippen LogP contribution >= 0.6 is 11.6 Å². The van der Waals surface area contributed by atoms with Gasteiger partial charge >= 0.3 is 0 Å². The predicted octanol–water partition coefficient (Wildman–Crippen LogP) is 3.43. The van der Waals surface area contributed by atoms with E-state index in [1.165, 1.54) is 11.3 Å². The van der Waals surface area contributed by atoms with E-state index in [1.54, 1.807) is 0 Å². The average Bonchev–Trinajstić information content (AvgIpc) is 2.13. The zero-order valence-corrected chi connectivity index (χ0v) is 8.77. The summed E-state index contributed by atoms with van der Waals surface area (Å²) < 4.78 is 0. The Morgan fingerprint density at radius 1 is 1.31 bits per heavy atom. The summed E-state index contributed by atoms with van der Waals surface area (Å²) in [4.78, 5) is 0. The molecule has 1 aromatic rings.